The summed E-state index contributed by atoms with van der Waals surface area (Å²) in [6, 6.07) is 0. The quantitative estimate of drug-likeness (QED) is 0.0456. The molecular weight excluding hydrogens is 574 g/mol. The second kappa shape index (κ2) is 35.6. The molecule has 0 aliphatic rings. The smallest absolute Gasteiger partial charge is 0.305 e. The molecular formula is C40H81NO5. The van der Waals surface area contributed by atoms with Crippen LogP contribution in [-0.2, 0) is 9.53 Å². The lowest BCUT2D eigenvalue weighted by Gasteiger charge is -2.30. The van der Waals surface area contributed by atoms with Crippen molar-refractivity contribution in [2.45, 2.75) is 213 Å². The number of hydrogen-bond donors (Lipinski definition) is 3. The Morgan fingerprint density at radius 1 is 0.565 bits per heavy atom. The highest BCUT2D eigenvalue weighted by molar-refractivity contribution is 5.69. The Hall–Kier alpha value is -0.690. The normalized spacial score (nSPS) is 13.7. The summed E-state index contributed by atoms with van der Waals surface area (Å²) in [5.74, 6) is 0.187. The van der Waals surface area contributed by atoms with E-state index < -0.39 is 12.2 Å². The van der Waals surface area contributed by atoms with E-state index >= 15 is 0 Å². The predicted molar refractivity (Wildman–Crippen MR) is 196 cm³/mol. The maximum absolute atomic E-state index is 12.0. The first-order chi connectivity index (χ1) is 22.5. The highest BCUT2D eigenvalue weighted by Gasteiger charge is 2.23. The minimum absolute atomic E-state index is 0.0283. The van der Waals surface area contributed by atoms with Crippen LogP contribution in [0.15, 0.2) is 0 Å². The van der Waals surface area contributed by atoms with Gasteiger partial charge in [-0.2, -0.15) is 0 Å². The monoisotopic (exact) mass is 656 g/mol. The highest BCUT2D eigenvalue weighted by Crippen LogP contribution is 2.24. The van der Waals surface area contributed by atoms with Gasteiger partial charge in [0.1, 0.15) is 0 Å². The van der Waals surface area contributed by atoms with E-state index in [1.54, 1.807) is 0 Å². The van der Waals surface area contributed by atoms with Crippen LogP contribution in [0.25, 0.3) is 0 Å². The van der Waals surface area contributed by atoms with Gasteiger partial charge in [0.2, 0.25) is 0 Å². The zero-order valence-corrected chi connectivity index (χ0v) is 31.2. The number of aliphatic hydroxyl groups excluding tert-OH is 3. The van der Waals surface area contributed by atoms with E-state index in [4.69, 9.17) is 4.74 Å². The third-order valence-electron chi connectivity index (χ3n) is 9.66. The molecule has 0 aromatic rings. The van der Waals surface area contributed by atoms with Crippen molar-refractivity contribution in [3.05, 3.63) is 0 Å². The van der Waals surface area contributed by atoms with E-state index in [2.05, 4.69) is 25.7 Å². The topological polar surface area (TPSA) is 90.2 Å². The fourth-order valence-electron chi connectivity index (χ4n) is 6.60. The van der Waals surface area contributed by atoms with Gasteiger partial charge in [-0.1, -0.05) is 162 Å². The molecule has 0 aliphatic heterocycles. The molecule has 0 saturated carbocycles. The maximum atomic E-state index is 12.0. The van der Waals surface area contributed by atoms with Crippen LogP contribution in [0.5, 0.6) is 0 Å². The van der Waals surface area contributed by atoms with Crippen LogP contribution in [0.2, 0.25) is 0 Å². The molecule has 0 amide bonds. The predicted octanol–water partition coefficient (Wildman–Crippen LogP) is 10.1. The van der Waals surface area contributed by atoms with Crippen LogP contribution in [0.1, 0.15) is 201 Å². The lowest BCUT2D eigenvalue weighted by molar-refractivity contribution is -0.143. The molecule has 3 atom stereocenters. The molecule has 46 heavy (non-hydrogen) atoms. The molecule has 0 aromatic heterocycles. The Bertz CT molecular complexity index is 618. The molecule has 0 radical (unpaired) electrons. The largest absolute Gasteiger partial charge is 0.466 e. The van der Waals surface area contributed by atoms with Gasteiger partial charge in [-0.3, -0.25) is 9.69 Å². The molecule has 6 nitrogen and oxygen atoms in total. The van der Waals surface area contributed by atoms with Crippen molar-refractivity contribution in [2.24, 2.45) is 5.92 Å². The number of carbonyl (C=O) groups is 1. The molecule has 0 saturated heterocycles. The number of unbranched alkanes of at least 4 members (excludes halogenated alkanes) is 20. The number of esters is 1. The van der Waals surface area contributed by atoms with Crippen LogP contribution < -0.4 is 0 Å². The summed E-state index contributed by atoms with van der Waals surface area (Å²) in [5.41, 5.74) is 0. The van der Waals surface area contributed by atoms with E-state index in [1.807, 2.05) is 0 Å². The molecule has 0 fully saturated rings. The van der Waals surface area contributed by atoms with Crippen molar-refractivity contribution in [2.75, 3.05) is 32.8 Å². The van der Waals surface area contributed by atoms with Gasteiger partial charge < -0.3 is 20.1 Å². The number of rotatable bonds is 37. The maximum Gasteiger partial charge on any atom is 0.305 e. The second-order valence-electron chi connectivity index (χ2n) is 14.2. The molecule has 1 unspecified atom stereocenters. The average molecular weight is 656 g/mol. The Labute approximate surface area is 286 Å². The number of ether oxygens (including phenoxy) is 1. The van der Waals surface area contributed by atoms with Gasteiger partial charge in [0.15, 0.2) is 0 Å². The molecule has 276 valence electrons. The van der Waals surface area contributed by atoms with E-state index in [0.717, 1.165) is 44.9 Å². The van der Waals surface area contributed by atoms with E-state index in [0.29, 0.717) is 39.1 Å². The van der Waals surface area contributed by atoms with Crippen molar-refractivity contribution >= 4 is 5.97 Å². The lowest BCUT2D eigenvalue weighted by Crippen LogP contribution is -2.42. The van der Waals surface area contributed by atoms with Gasteiger partial charge in [-0.25, -0.2) is 0 Å². The summed E-state index contributed by atoms with van der Waals surface area (Å²) in [7, 11) is 0. The van der Waals surface area contributed by atoms with Gasteiger partial charge in [-0.15, -0.1) is 0 Å². The van der Waals surface area contributed by atoms with Gasteiger partial charge in [-0.05, 0) is 38.0 Å². The summed E-state index contributed by atoms with van der Waals surface area (Å²) in [5, 5.41) is 31.8. The summed E-state index contributed by atoms with van der Waals surface area (Å²) >= 11 is 0. The van der Waals surface area contributed by atoms with Crippen LogP contribution in [-0.4, -0.2) is 71.2 Å². The Kier molecular flexibility index (Phi) is 35.1. The number of hydrogen-bond acceptors (Lipinski definition) is 6. The molecule has 0 aliphatic carbocycles. The van der Waals surface area contributed by atoms with E-state index in [-0.39, 0.29) is 18.5 Å². The van der Waals surface area contributed by atoms with Crippen molar-refractivity contribution < 1.29 is 24.9 Å². The SMILES string of the molecule is CCCCCCCCCCC(CCCCCCCC)[C@@H](O)CN(CCO)C[C@H](O)CCCCCC(=O)OCCCCCCCCC. The number of nitrogens with zero attached hydrogens (tertiary/aromatic N) is 1. The van der Waals surface area contributed by atoms with Crippen molar-refractivity contribution in [1.82, 2.24) is 4.90 Å². The second-order valence-corrected chi connectivity index (χ2v) is 14.2. The van der Waals surface area contributed by atoms with Crippen LogP contribution >= 0.6 is 0 Å². The molecule has 3 N–H and O–H groups in total. The van der Waals surface area contributed by atoms with Gasteiger partial charge in [0.25, 0.3) is 0 Å². The summed E-state index contributed by atoms with van der Waals surface area (Å²) in [6.07, 6.45) is 31.4. The van der Waals surface area contributed by atoms with Crippen LogP contribution in [0, 0.1) is 5.92 Å². The van der Waals surface area contributed by atoms with E-state index in [1.165, 1.54) is 122 Å². The summed E-state index contributed by atoms with van der Waals surface area (Å²) in [6.45, 7) is 8.77. The van der Waals surface area contributed by atoms with Gasteiger partial charge in [0.05, 0.1) is 25.4 Å². The minimum Gasteiger partial charge on any atom is -0.466 e. The Morgan fingerprint density at radius 2 is 1.00 bits per heavy atom. The first-order valence-corrected chi connectivity index (χ1v) is 20.3. The third kappa shape index (κ3) is 30.6. The zero-order chi connectivity index (χ0) is 33.9. The van der Waals surface area contributed by atoms with E-state index in [9.17, 15) is 20.1 Å². The molecule has 0 bridgehead atoms. The molecule has 0 spiro atoms. The fourth-order valence-corrected chi connectivity index (χ4v) is 6.60. The number of carbonyl (C=O) groups excluding carboxylic acids is 1. The van der Waals surface area contributed by atoms with Gasteiger partial charge in [0, 0.05) is 26.1 Å². The summed E-state index contributed by atoms with van der Waals surface area (Å²) in [4.78, 5) is 14.1. The first-order valence-electron chi connectivity index (χ1n) is 20.3. The molecule has 0 aromatic carbocycles. The first kappa shape index (κ1) is 45.3. The summed E-state index contributed by atoms with van der Waals surface area (Å²) < 4.78 is 5.39. The third-order valence-corrected chi connectivity index (χ3v) is 9.66. The van der Waals surface area contributed by atoms with Crippen molar-refractivity contribution in [1.29, 1.82) is 0 Å². The van der Waals surface area contributed by atoms with Gasteiger partial charge >= 0.3 is 5.97 Å². The molecule has 0 rings (SSSR count). The highest BCUT2D eigenvalue weighted by atomic mass is 16.5. The minimum atomic E-state index is -0.493. The van der Waals surface area contributed by atoms with Crippen LogP contribution in [0.4, 0.5) is 0 Å². The standard InChI is InChI=1S/C40H81NO5/c1-4-7-10-13-16-17-20-24-29-37(28-23-19-15-12-9-6-3)39(44)36-41(32-33-42)35-38(43)30-25-22-26-31-40(45)46-34-27-21-18-14-11-8-5-2/h37-39,42-44H,4-36H2,1-3H3/t37?,38-,39+/m1/s1. The Morgan fingerprint density at radius 3 is 1.50 bits per heavy atom. The van der Waals surface area contributed by atoms with Crippen LogP contribution in [0.3, 0.4) is 0 Å². The fraction of sp³-hybridized carbons (Fsp3) is 0.975. The average Bonchev–Trinajstić information content (AvgIpc) is 3.04. The molecule has 0 heterocycles. The molecule has 6 heteroatoms. The lowest BCUT2D eigenvalue weighted by atomic mass is 9.89. The zero-order valence-electron chi connectivity index (χ0n) is 31.2. The Balaban J connectivity index is 4.41. The van der Waals surface area contributed by atoms with Crippen molar-refractivity contribution in [3.63, 3.8) is 0 Å². The van der Waals surface area contributed by atoms with Crippen molar-refractivity contribution in [3.8, 4) is 0 Å². The number of aliphatic hydroxyl groups is 3.